The normalized spacial score (nSPS) is 12.1. The second-order valence-corrected chi connectivity index (χ2v) is 9.53. The zero-order valence-corrected chi connectivity index (χ0v) is 19.5. The Kier molecular flexibility index (Phi) is 6.68. The molecule has 4 nitrogen and oxygen atoms in total. The van der Waals surface area contributed by atoms with Crippen LogP contribution in [0.4, 0.5) is 0 Å². The number of rotatable bonds is 9. The molecular weight excluding hydrogens is 426 g/mol. The third-order valence-electron chi connectivity index (χ3n) is 5.39. The lowest BCUT2D eigenvalue weighted by Crippen LogP contribution is -2.02. The van der Waals surface area contributed by atoms with E-state index in [1.54, 1.807) is 25.6 Å². The number of ketones is 1. The molecule has 0 aliphatic heterocycles. The van der Waals surface area contributed by atoms with E-state index >= 15 is 0 Å². The third-order valence-corrected chi connectivity index (χ3v) is 7.75. The van der Waals surface area contributed by atoms with Gasteiger partial charge in [0.2, 0.25) is 0 Å². The van der Waals surface area contributed by atoms with E-state index in [0.29, 0.717) is 12.3 Å². The number of aromatic nitrogens is 1. The molecule has 2 aromatic carbocycles. The standard InChI is InChI=1S/C25H25NO3S2/c1-4-18(13-16-5-9-19(28-2)10-6-16)24-26-25-23(31-24)15-22(30-25)21(27)14-17-7-11-20(29-3)12-8-17/h5-12,15,18H,4,13-14H2,1-3H3. The molecule has 0 saturated heterocycles. The van der Waals surface area contributed by atoms with Crippen molar-refractivity contribution in [3.63, 3.8) is 0 Å². The molecule has 0 spiro atoms. The molecule has 4 rings (SSSR count). The minimum atomic E-state index is 0.132. The summed E-state index contributed by atoms with van der Waals surface area (Å²) in [4.78, 5) is 19.4. The number of benzene rings is 2. The molecule has 2 heterocycles. The molecule has 1 unspecified atom stereocenters. The predicted molar refractivity (Wildman–Crippen MR) is 128 cm³/mol. The molecule has 0 aliphatic carbocycles. The number of hydrogen-bond acceptors (Lipinski definition) is 6. The van der Waals surface area contributed by atoms with Crippen LogP contribution in [0.1, 0.15) is 45.1 Å². The third kappa shape index (κ3) is 4.97. The predicted octanol–water partition coefficient (Wildman–Crippen LogP) is 6.54. The Bertz CT molecular complexity index is 1130. The lowest BCUT2D eigenvalue weighted by atomic mass is 9.97. The van der Waals surface area contributed by atoms with Gasteiger partial charge in [0.15, 0.2) is 5.78 Å². The van der Waals surface area contributed by atoms with Gasteiger partial charge in [-0.25, -0.2) is 4.98 Å². The highest BCUT2D eigenvalue weighted by molar-refractivity contribution is 7.28. The van der Waals surface area contributed by atoms with Gasteiger partial charge < -0.3 is 9.47 Å². The maximum atomic E-state index is 12.8. The Labute approximate surface area is 190 Å². The number of thiazole rings is 1. The van der Waals surface area contributed by atoms with Gasteiger partial charge in [0, 0.05) is 12.3 Å². The maximum Gasteiger partial charge on any atom is 0.177 e. The first-order valence-corrected chi connectivity index (χ1v) is 11.9. The number of methoxy groups -OCH3 is 2. The van der Waals surface area contributed by atoms with Crippen LogP contribution in [-0.4, -0.2) is 25.0 Å². The number of fused-ring (bicyclic) bond motifs is 1. The second kappa shape index (κ2) is 9.62. The van der Waals surface area contributed by atoms with E-state index in [0.717, 1.165) is 49.3 Å². The van der Waals surface area contributed by atoms with Crippen LogP contribution in [0.2, 0.25) is 0 Å². The molecular formula is C25H25NO3S2. The fourth-order valence-electron chi connectivity index (χ4n) is 3.53. The number of hydrogen-bond donors (Lipinski definition) is 0. The molecule has 4 aromatic rings. The first-order valence-electron chi connectivity index (χ1n) is 10.3. The Hall–Kier alpha value is -2.70. The largest absolute Gasteiger partial charge is 0.497 e. The van der Waals surface area contributed by atoms with Crippen molar-refractivity contribution in [1.29, 1.82) is 0 Å². The Morgan fingerprint density at radius 2 is 1.55 bits per heavy atom. The van der Waals surface area contributed by atoms with Gasteiger partial charge in [-0.2, -0.15) is 0 Å². The van der Waals surface area contributed by atoms with E-state index in [1.165, 1.54) is 16.9 Å². The van der Waals surface area contributed by atoms with Crippen molar-refractivity contribution in [3.05, 3.63) is 75.6 Å². The fraction of sp³-hybridized carbons (Fsp3) is 0.280. The summed E-state index contributed by atoms with van der Waals surface area (Å²) in [5.41, 5.74) is 2.27. The molecule has 0 saturated carbocycles. The fourth-order valence-corrected chi connectivity index (χ4v) is 5.88. The summed E-state index contributed by atoms with van der Waals surface area (Å²) < 4.78 is 11.5. The first kappa shape index (κ1) is 21.5. The summed E-state index contributed by atoms with van der Waals surface area (Å²) in [6.45, 7) is 2.20. The van der Waals surface area contributed by atoms with Crippen LogP contribution in [0.3, 0.4) is 0 Å². The highest BCUT2D eigenvalue weighted by atomic mass is 32.1. The van der Waals surface area contributed by atoms with Crippen molar-refractivity contribution in [2.45, 2.75) is 32.1 Å². The molecule has 1 atom stereocenters. The van der Waals surface area contributed by atoms with Crippen molar-refractivity contribution in [3.8, 4) is 11.5 Å². The lowest BCUT2D eigenvalue weighted by molar-refractivity contribution is 0.0997. The van der Waals surface area contributed by atoms with Crippen molar-refractivity contribution in [1.82, 2.24) is 4.98 Å². The number of thiophene rings is 1. The number of carbonyl (C=O) groups excluding carboxylic acids is 1. The van der Waals surface area contributed by atoms with Gasteiger partial charge in [0.1, 0.15) is 16.3 Å². The summed E-state index contributed by atoms with van der Waals surface area (Å²) in [6.07, 6.45) is 2.36. The SMILES string of the molecule is CCC(Cc1ccc(OC)cc1)c1nc2sc(C(=O)Cc3ccc(OC)cc3)cc2s1. The van der Waals surface area contributed by atoms with Gasteiger partial charge in [0.05, 0.1) is 28.8 Å². The van der Waals surface area contributed by atoms with Crippen LogP contribution in [0, 0.1) is 0 Å². The zero-order chi connectivity index (χ0) is 21.8. The minimum Gasteiger partial charge on any atom is -0.497 e. The van der Waals surface area contributed by atoms with Crippen molar-refractivity contribution >= 4 is 38.0 Å². The van der Waals surface area contributed by atoms with Gasteiger partial charge in [0.25, 0.3) is 0 Å². The molecule has 31 heavy (non-hydrogen) atoms. The molecule has 0 bridgehead atoms. The number of Topliss-reactive ketones (excluding diaryl/α,β-unsaturated/α-hetero) is 1. The summed E-state index contributed by atoms with van der Waals surface area (Å²) in [6, 6.07) is 17.9. The number of nitrogens with zero attached hydrogens (tertiary/aromatic N) is 1. The summed E-state index contributed by atoms with van der Waals surface area (Å²) >= 11 is 3.21. The lowest BCUT2D eigenvalue weighted by Gasteiger charge is -2.12. The Morgan fingerprint density at radius 1 is 0.935 bits per heavy atom. The minimum absolute atomic E-state index is 0.132. The number of carbonyl (C=O) groups is 1. The van der Waals surface area contributed by atoms with Crippen LogP contribution in [0.5, 0.6) is 11.5 Å². The van der Waals surface area contributed by atoms with Gasteiger partial charge in [-0.15, -0.1) is 22.7 Å². The second-order valence-electron chi connectivity index (χ2n) is 7.44. The molecule has 0 N–H and O–H groups in total. The van der Waals surface area contributed by atoms with Gasteiger partial charge in [-0.05, 0) is 54.3 Å². The molecule has 0 aliphatic rings. The Morgan fingerprint density at radius 3 is 2.10 bits per heavy atom. The highest BCUT2D eigenvalue weighted by Crippen LogP contribution is 2.36. The molecule has 6 heteroatoms. The van der Waals surface area contributed by atoms with E-state index in [9.17, 15) is 4.79 Å². The van der Waals surface area contributed by atoms with E-state index in [-0.39, 0.29) is 5.78 Å². The van der Waals surface area contributed by atoms with Crippen LogP contribution in [0.25, 0.3) is 9.53 Å². The van der Waals surface area contributed by atoms with E-state index < -0.39 is 0 Å². The van der Waals surface area contributed by atoms with Gasteiger partial charge in [-0.1, -0.05) is 31.2 Å². The van der Waals surface area contributed by atoms with Crippen LogP contribution < -0.4 is 9.47 Å². The van der Waals surface area contributed by atoms with E-state index in [2.05, 4.69) is 19.1 Å². The van der Waals surface area contributed by atoms with E-state index in [4.69, 9.17) is 14.5 Å². The summed E-state index contributed by atoms with van der Waals surface area (Å²) in [7, 11) is 3.32. The first-order chi connectivity index (χ1) is 15.1. The smallest absolute Gasteiger partial charge is 0.177 e. The molecule has 0 fully saturated rings. The Balaban J connectivity index is 1.46. The van der Waals surface area contributed by atoms with Crippen molar-refractivity contribution in [2.75, 3.05) is 14.2 Å². The zero-order valence-electron chi connectivity index (χ0n) is 17.9. The average Bonchev–Trinajstić information content (AvgIpc) is 3.38. The van der Waals surface area contributed by atoms with Gasteiger partial charge in [-0.3, -0.25) is 4.79 Å². The number of ether oxygens (including phenoxy) is 2. The molecule has 2 aromatic heterocycles. The van der Waals surface area contributed by atoms with Crippen LogP contribution in [0.15, 0.2) is 54.6 Å². The van der Waals surface area contributed by atoms with Crippen molar-refractivity contribution in [2.24, 2.45) is 0 Å². The summed E-state index contributed by atoms with van der Waals surface area (Å²) in [5, 5.41) is 1.15. The highest BCUT2D eigenvalue weighted by Gasteiger charge is 2.19. The van der Waals surface area contributed by atoms with Gasteiger partial charge >= 0.3 is 0 Å². The molecule has 0 radical (unpaired) electrons. The van der Waals surface area contributed by atoms with Crippen LogP contribution in [-0.2, 0) is 12.8 Å². The maximum absolute atomic E-state index is 12.8. The van der Waals surface area contributed by atoms with E-state index in [1.807, 2.05) is 42.5 Å². The molecule has 0 amide bonds. The quantitative estimate of drug-likeness (QED) is 0.271. The van der Waals surface area contributed by atoms with Crippen LogP contribution >= 0.6 is 22.7 Å². The monoisotopic (exact) mass is 451 g/mol. The molecule has 160 valence electrons. The summed E-state index contributed by atoms with van der Waals surface area (Å²) in [5.74, 6) is 2.17. The topological polar surface area (TPSA) is 48.4 Å². The average molecular weight is 452 g/mol. The van der Waals surface area contributed by atoms with Crippen molar-refractivity contribution < 1.29 is 14.3 Å².